The van der Waals surface area contributed by atoms with Crippen molar-refractivity contribution in [1.82, 2.24) is 9.36 Å². The van der Waals surface area contributed by atoms with E-state index < -0.39 is 0 Å². The van der Waals surface area contributed by atoms with Crippen LogP contribution >= 0.6 is 11.5 Å². The maximum Gasteiger partial charge on any atom is 0.205 e. The molecular weight excluding hydrogens is 218 g/mol. The van der Waals surface area contributed by atoms with Gasteiger partial charge in [0, 0.05) is 30.5 Å². The van der Waals surface area contributed by atoms with Crippen molar-refractivity contribution in [3.05, 3.63) is 5.82 Å². The number of aromatic nitrogens is 2. The van der Waals surface area contributed by atoms with E-state index in [9.17, 15) is 0 Å². The lowest BCUT2D eigenvalue weighted by Crippen LogP contribution is -2.27. The molecule has 2 rings (SSSR count). The van der Waals surface area contributed by atoms with Gasteiger partial charge in [0.05, 0.1) is 0 Å². The van der Waals surface area contributed by atoms with Crippen LogP contribution < -0.4 is 4.90 Å². The van der Waals surface area contributed by atoms with E-state index in [0.29, 0.717) is 5.92 Å². The van der Waals surface area contributed by atoms with Gasteiger partial charge in [0.25, 0.3) is 0 Å². The van der Waals surface area contributed by atoms with Gasteiger partial charge in [-0.25, -0.2) is 4.98 Å². The van der Waals surface area contributed by atoms with Gasteiger partial charge in [-0.05, 0) is 25.7 Å². The molecule has 1 aliphatic rings. The SMILES string of the molecule is CCC(C)CN(CC)c1nc(C2CC2)ns1. The summed E-state index contributed by atoms with van der Waals surface area (Å²) >= 11 is 1.57. The average Bonchev–Trinajstić information content (AvgIpc) is 3.04. The molecule has 1 atom stereocenters. The van der Waals surface area contributed by atoms with Crippen LogP contribution in [-0.4, -0.2) is 22.4 Å². The Balaban J connectivity index is 2.00. The largest absolute Gasteiger partial charge is 0.347 e. The molecule has 0 amide bonds. The maximum absolute atomic E-state index is 4.66. The average molecular weight is 239 g/mol. The molecular formula is C12H21N3S. The highest BCUT2D eigenvalue weighted by Crippen LogP contribution is 2.39. The topological polar surface area (TPSA) is 29.0 Å². The second-order valence-electron chi connectivity index (χ2n) is 4.76. The van der Waals surface area contributed by atoms with Crippen LogP contribution in [0, 0.1) is 5.92 Å². The zero-order valence-electron chi connectivity index (χ0n) is 10.4. The first-order valence-corrected chi connectivity index (χ1v) is 7.10. The van der Waals surface area contributed by atoms with Crippen LogP contribution in [0.5, 0.6) is 0 Å². The molecule has 0 bridgehead atoms. The molecule has 1 saturated carbocycles. The van der Waals surface area contributed by atoms with Crippen molar-refractivity contribution in [3.63, 3.8) is 0 Å². The standard InChI is InChI=1S/C12H21N3S/c1-4-9(3)8-15(5-2)12-13-11(14-16-12)10-6-7-10/h9-10H,4-8H2,1-3H3. The fraction of sp³-hybridized carbons (Fsp3) is 0.833. The van der Waals surface area contributed by atoms with Crippen molar-refractivity contribution < 1.29 is 0 Å². The minimum atomic E-state index is 0.673. The highest BCUT2D eigenvalue weighted by atomic mass is 32.1. The molecule has 4 heteroatoms. The predicted octanol–water partition coefficient (Wildman–Crippen LogP) is 3.29. The number of hydrogen-bond acceptors (Lipinski definition) is 4. The highest BCUT2D eigenvalue weighted by molar-refractivity contribution is 7.09. The Bertz CT molecular complexity index is 333. The van der Waals surface area contributed by atoms with E-state index in [1.54, 1.807) is 11.5 Å². The Labute approximate surface area is 102 Å². The fourth-order valence-electron chi connectivity index (χ4n) is 1.71. The lowest BCUT2D eigenvalue weighted by Gasteiger charge is -2.22. The molecule has 1 aromatic rings. The first-order valence-electron chi connectivity index (χ1n) is 6.33. The van der Waals surface area contributed by atoms with E-state index in [0.717, 1.165) is 30.0 Å². The summed E-state index contributed by atoms with van der Waals surface area (Å²) in [6, 6.07) is 0. The van der Waals surface area contributed by atoms with Crippen molar-refractivity contribution in [1.29, 1.82) is 0 Å². The molecule has 0 spiro atoms. The van der Waals surface area contributed by atoms with E-state index in [4.69, 9.17) is 0 Å². The Morgan fingerprint density at radius 1 is 1.44 bits per heavy atom. The molecule has 3 nitrogen and oxygen atoms in total. The number of hydrogen-bond donors (Lipinski definition) is 0. The van der Waals surface area contributed by atoms with Crippen LogP contribution in [0.2, 0.25) is 0 Å². The summed E-state index contributed by atoms with van der Waals surface area (Å²) in [4.78, 5) is 7.02. The minimum absolute atomic E-state index is 0.673. The third-order valence-electron chi connectivity index (χ3n) is 3.25. The third-order valence-corrected chi connectivity index (χ3v) is 4.05. The Morgan fingerprint density at radius 3 is 2.75 bits per heavy atom. The van der Waals surface area contributed by atoms with Crippen LogP contribution in [0.1, 0.15) is 51.8 Å². The maximum atomic E-state index is 4.66. The lowest BCUT2D eigenvalue weighted by atomic mass is 10.1. The smallest absolute Gasteiger partial charge is 0.205 e. The number of rotatable bonds is 6. The van der Waals surface area contributed by atoms with Gasteiger partial charge in [-0.3, -0.25) is 0 Å². The zero-order chi connectivity index (χ0) is 11.5. The Hall–Kier alpha value is -0.640. The molecule has 1 heterocycles. The van der Waals surface area contributed by atoms with Crippen LogP contribution in [0.3, 0.4) is 0 Å². The molecule has 0 N–H and O–H groups in total. The molecule has 1 aliphatic carbocycles. The minimum Gasteiger partial charge on any atom is -0.347 e. The van der Waals surface area contributed by atoms with Crippen LogP contribution in [0.25, 0.3) is 0 Å². The fourth-order valence-corrected chi connectivity index (χ4v) is 2.53. The summed E-state index contributed by atoms with van der Waals surface area (Å²) in [5.41, 5.74) is 0. The van der Waals surface area contributed by atoms with Gasteiger partial charge in [0.1, 0.15) is 5.82 Å². The van der Waals surface area contributed by atoms with Crippen molar-refractivity contribution >= 4 is 16.7 Å². The molecule has 0 aliphatic heterocycles. The second-order valence-corrected chi connectivity index (χ2v) is 5.49. The summed E-state index contributed by atoms with van der Waals surface area (Å²) in [6.45, 7) is 8.87. The van der Waals surface area contributed by atoms with E-state index >= 15 is 0 Å². The quantitative estimate of drug-likeness (QED) is 0.763. The summed E-state index contributed by atoms with van der Waals surface area (Å²) in [5, 5.41) is 1.12. The van der Waals surface area contributed by atoms with Gasteiger partial charge >= 0.3 is 0 Å². The lowest BCUT2D eigenvalue weighted by molar-refractivity contribution is 0.547. The second kappa shape index (κ2) is 5.13. The molecule has 90 valence electrons. The van der Waals surface area contributed by atoms with Gasteiger partial charge in [0.15, 0.2) is 0 Å². The van der Waals surface area contributed by atoms with Crippen LogP contribution in [0.15, 0.2) is 0 Å². The normalized spacial score (nSPS) is 17.4. The van der Waals surface area contributed by atoms with Crippen LogP contribution in [0.4, 0.5) is 5.13 Å². The summed E-state index contributed by atoms with van der Waals surface area (Å²) < 4.78 is 4.47. The van der Waals surface area contributed by atoms with E-state index in [2.05, 4.69) is 35.0 Å². The van der Waals surface area contributed by atoms with E-state index in [1.807, 2.05) is 0 Å². The number of nitrogens with zero attached hydrogens (tertiary/aromatic N) is 3. The Morgan fingerprint density at radius 2 is 2.19 bits per heavy atom. The van der Waals surface area contributed by atoms with E-state index in [-0.39, 0.29) is 0 Å². The molecule has 1 fully saturated rings. The summed E-state index contributed by atoms with van der Waals surface area (Å²) in [5.74, 6) is 2.49. The first-order chi connectivity index (χ1) is 7.74. The van der Waals surface area contributed by atoms with E-state index in [1.165, 1.54) is 19.3 Å². The highest BCUT2D eigenvalue weighted by Gasteiger charge is 2.28. The molecule has 1 unspecified atom stereocenters. The summed E-state index contributed by atoms with van der Waals surface area (Å²) in [7, 11) is 0. The van der Waals surface area contributed by atoms with Gasteiger partial charge in [-0.2, -0.15) is 4.37 Å². The van der Waals surface area contributed by atoms with Crippen LogP contribution in [-0.2, 0) is 0 Å². The van der Waals surface area contributed by atoms with Crippen molar-refractivity contribution in [2.75, 3.05) is 18.0 Å². The van der Waals surface area contributed by atoms with Crippen molar-refractivity contribution in [3.8, 4) is 0 Å². The predicted molar refractivity (Wildman–Crippen MR) is 69.2 cm³/mol. The molecule has 16 heavy (non-hydrogen) atoms. The molecule has 0 radical (unpaired) electrons. The molecule has 0 aromatic carbocycles. The zero-order valence-corrected chi connectivity index (χ0v) is 11.3. The monoisotopic (exact) mass is 239 g/mol. The number of anilines is 1. The van der Waals surface area contributed by atoms with Crippen molar-refractivity contribution in [2.45, 2.75) is 46.0 Å². The summed E-state index contributed by atoms with van der Waals surface area (Å²) in [6.07, 6.45) is 3.80. The van der Waals surface area contributed by atoms with Crippen molar-refractivity contribution in [2.24, 2.45) is 5.92 Å². The Kier molecular flexibility index (Phi) is 3.79. The van der Waals surface area contributed by atoms with Gasteiger partial charge in [0.2, 0.25) is 5.13 Å². The molecule has 1 aromatic heterocycles. The van der Waals surface area contributed by atoms with Gasteiger partial charge in [-0.1, -0.05) is 20.3 Å². The van der Waals surface area contributed by atoms with Gasteiger partial charge < -0.3 is 4.90 Å². The third kappa shape index (κ3) is 2.73. The first kappa shape index (κ1) is 11.8. The van der Waals surface area contributed by atoms with Gasteiger partial charge in [-0.15, -0.1) is 0 Å². The molecule has 0 saturated heterocycles.